The van der Waals surface area contributed by atoms with Crippen LogP contribution in [0.2, 0.25) is 0 Å². The summed E-state index contributed by atoms with van der Waals surface area (Å²) in [6.45, 7) is 4.16. The Morgan fingerprint density at radius 1 is 0.971 bits per heavy atom. The zero-order valence-electron chi connectivity index (χ0n) is 19.9. The first-order valence-electron chi connectivity index (χ1n) is 11.5. The maximum absolute atomic E-state index is 13.1. The van der Waals surface area contributed by atoms with Crippen LogP contribution in [0.25, 0.3) is 0 Å². The monoisotopic (exact) mass is 466 g/mol. The maximum atomic E-state index is 13.1. The van der Waals surface area contributed by atoms with Crippen molar-refractivity contribution in [1.82, 2.24) is 0 Å². The molecule has 3 unspecified atom stereocenters. The van der Waals surface area contributed by atoms with Crippen molar-refractivity contribution >= 4 is 11.8 Å². The predicted octanol–water partition coefficient (Wildman–Crippen LogP) is 5.04. The van der Waals surface area contributed by atoms with Gasteiger partial charge in [0.15, 0.2) is 0 Å². The molecular formula is C27H30O7. The highest BCUT2D eigenvalue weighted by Crippen LogP contribution is 2.37. The van der Waals surface area contributed by atoms with Gasteiger partial charge in [0.2, 0.25) is 11.5 Å². The molecule has 1 heterocycles. The summed E-state index contributed by atoms with van der Waals surface area (Å²) in [7, 11) is 2.98. The normalized spacial score (nSPS) is 21.7. The van der Waals surface area contributed by atoms with Crippen molar-refractivity contribution in [3.63, 3.8) is 0 Å². The van der Waals surface area contributed by atoms with Gasteiger partial charge < -0.3 is 23.7 Å². The molecule has 0 saturated heterocycles. The SMILES string of the molecule is COc1cccc(OC)c1C(=O)OC1CCC2C(=O)C(Oc3ccccc3C(C)C)=COC2C1. The highest BCUT2D eigenvalue weighted by molar-refractivity contribution is 5.97. The van der Waals surface area contributed by atoms with Gasteiger partial charge in [-0.05, 0) is 42.5 Å². The predicted molar refractivity (Wildman–Crippen MR) is 125 cm³/mol. The van der Waals surface area contributed by atoms with Crippen molar-refractivity contribution < 1.29 is 33.3 Å². The Kier molecular flexibility index (Phi) is 7.10. The molecule has 0 spiro atoms. The quantitative estimate of drug-likeness (QED) is 0.529. The van der Waals surface area contributed by atoms with Crippen LogP contribution in [-0.2, 0) is 14.3 Å². The number of ether oxygens (including phenoxy) is 5. The standard InChI is InChI=1S/C27H30O7/c1-16(2)18-8-5-6-9-20(18)34-24-15-32-23-14-17(12-13-19(23)26(24)28)33-27(29)25-21(30-3)10-7-11-22(25)31-4/h5-11,15-17,19,23H,12-14H2,1-4H3. The van der Waals surface area contributed by atoms with E-state index in [0.717, 1.165) is 5.56 Å². The topological polar surface area (TPSA) is 80.3 Å². The van der Waals surface area contributed by atoms with Crippen LogP contribution in [0, 0.1) is 5.92 Å². The van der Waals surface area contributed by atoms with Crippen molar-refractivity contribution in [2.75, 3.05) is 14.2 Å². The fourth-order valence-corrected chi connectivity index (χ4v) is 4.55. The number of ketones is 1. The molecule has 180 valence electrons. The van der Waals surface area contributed by atoms with Gasteiger partial charge in [-0.2, -0.15) is 0 Å². The number of carbonyl (C=O) groups excluding carboxylic acids is 2. The number of para-hydroxylation sites is 1. The largest absolute Gasteiger partial charge is 0.496 e. The molecule has 2 aliphatic rings. The molecule has 3 atom stereocenters. The average Bonchev–Trinajstić information content (AvgIpc) is 2.85. The van der Waals surface area contributed by atoms with Crippen molar-refractivity contribution in [2.45, 2.75) is 51.2 Å². The summed E-state index contributed by atoms with van der Waals surface area (Å²) < 4.78 is 28.3. The molecule has 0 N–H and O–H groups in total. The van der Waals surface area contributed by atoms with E-state index in [1.165, 1.54) is 20.5 Å². The molecule has 1 aliphatic heterocycles. The van der Waals surface area contributed by atoms with Crippen molar-refractivity contribution in [1.29, 1.82) is 0 Å². The molecule has 1 saturated carbocycles. The lowest BCUT2D eigenvalue weighted by atomic mass is 9.80. The number of fused-ring (bicyclic) bond motifs is 1. The van der Waals surface area contributed by atoms with Crippen molar-refractivity contribution in [3.05, 3.63) is 65.6 Å². The lowest BCUT2D eigenvalue weighted by Gasteiger charge is -2.37. The Bertz CT molecular complexity index is 1070. The molecule has 0 bridgehead atoms. The number of hydrogen-bond acceptors (Lipinski definition) is 7. The van der Waals surface area contributed by atoms with E-state index in [2.05, 4.69) is 13.8 Å². The lowest BCUT2D eigenvalue weighted by molar-refractivity contribution is -0.132. The smallest absolute Gasteiger partial charge is 0.346 e. The van der Waals surface area contributed by atoms with Crippen LogP contribution in [0.1, 0.15) is 54.9 Å². The van der Waals surface area contributed by atoms with E-state index in [1.807, 2.05) is 24.3 Å². The van der Waals surface area contributed by atoms with E-state index in [-0.39, 0.29) is 41.1 Å². The second-order valence-electron chi connectivity index (χ2n) is 8.80. The Morgan fingerprint density at radius 3 is 2.32 bits per heavy atom. The Balaban J connectivity index is 1.44. The molecule has 0 aromatic heterocycles. The molecule has 7 nitrogen and oxygen atoms in total. The van der Waals surface area contributed by atoms with E-state index in [9.17, 15) is 9.59 Å². The molecule has 1 aliphatic carbocycles. The number of Topliss-reactive ketones (excluding diaryl/α,β-unsaturated/α-hetero) is 1. The van der Waals surface area contributed by atoms with Gasteiger partial charge >= 0.3 is 5.97 Å². The number of methoxy groups -OCH3 is 2. The minimum absolute atomic E-state index is 0.0778. The van der Waals surface area contributed by atoms with Crippen molar-refractivity contribution in [2.24, 2.45) is 5.92 Å². The second-order valence-corrected chi connectivity index (χ2v) is 8.80. The Hall–Kier alpha value is -3.48. The minimum Gasteiger partial charge on any atom is -0.496 e. The maximum Gasteiger partial charge on any atom is 0.346 e. The van der Waals surface area contributed by atoms with E-state index >= 15 is 0 Å². The van der Waals surface area contributed by atoms with Gasteiger partial charge in [0, 0.05) is 6.42 Å². The summed E-state index contributed by atoms with van der Waals surface area (Å²) in [5, 5.41) is 0. The van der Waals surface area contributed by atoms with Gasteiger partial charge in [0.1, 0.15) is 41.3 Å². The number of esters is 1. The molecule has 2 aromatic rings. The number of hydrogen-bond donors (Lipinski definition) is 0. The van der Waals surface area contributed by atoms with E-state index in [0.29, 0.717) is 36.5 Å². The highest BCUT2D eigenvalue weighted by atomic mass is 16.6. The molecule has 34 heavy (non-hydrogen) atoms. The van der Waals surface area contributed by atoms with E-state index in [1.54, 1.807) is 18.2 Å². The molecule has 4 rings (SSSR count). The van der Waals surface area contributed by atoms with Crippen LogP contribution in [0.5, 0.6) is 17.2 Å². The summed E-state index contributed by atoms with van der Waals surface area (Å²) in [5.74, 6) is 0.965. The molecule has 2 aromatic carbocycles. The lowest BCUT2D eigenvalue weighted by Crippen LogP contribution is -2.43. The summed E-state index contributed by atoms with van der Waals surface area (Å²) in [4.78, 5) is 26.1. The zero-order valence-corrected chi connectivity index (χ0v) is 19.9. The molecule has 0 amide bonds. The van der Waals surface area contributed by atoms with Crippen LogP contribution >= 0.6 is 0 Å². The Labute approximate surface area is 199 Å². The second kappa shape index (κ2) is 10.2. The van der Waals surface area contributed by atoms with Crippen molar-refractivity contribution in [3.8, 4) is 17.2 Å². The van der Waals surface area contributed by atoms with Gasteiger partial charge in [0.25, 0.3) is 0 Å². The third-order valence-corrected chi connectivity index (χ3v) is 6.34. The number of benzene rings is 2. The number of carbonyl (C=O) groups is 2. The van der Waals surface area contributed by atoms with Crippen LogP contribution in [0.4, 0.5) is 0 Å². The fourth-order valence-electron chi connectivity index (χ4n) is 4.55. The van der Waals surface area contributed by atoms with Gasteiger partial charge in [-0.25, -0.2) is 4.79 Å². The molecular weight excluding hydrogens is 436 g/mol. The third kappa shape index (κ3) is 4.74. The van der Waals surface area contributed by atoms with Crippen LogP contribution in [-0.4, -0.2) is 38.2 Å². The summed E-state index contributed by atoms with van der Waals surface area (Å²) >= 11 is 0. The van der Waals surface area contributed by atoms with E-state index in [4.69, 9.17) is 23.7 Å². The number of rotatable bonds is 7. The van der Waals surface area contributed by atoms with Crippen LogP contribution in [0.3, 0.4) is 0 Å². The number of allylic oxidation sites excluding steroid dienone is 1. The first-order chi connectivity index (χ1) is 16.4. The van der Waals surface area contributed by atoms with Gasteiger partial charge in [-0.3, -0.25) is 4.79 Å². The first-order valence-corrected chi connectivity index (χ1v) is 11.5. The molecule has 0 radical (unpaired) electrons. The van der Waals surface area contributed by atoms with Crippen LogP contribution in [0.15, 0.2) is 54.5 Å². The fraction of sp³-hybridized carbons (Fsp3) is 0.407. The molecule has 7 heteroatoms. The zero-order chi connectivity index (χ0) is 24.2. The van der Waals surface area contributed by atoms with Gasteiger partial charge in [-0.15, -0.1) is 0 Å². The Morgan fingerprint density at radius 2 is 1.65 bits per heavy atom. The van der Waals surface area contributed by atoms with Gasteiger partial charge in [0.05, 0.1) is 20.1 Å². The summed E-state index contributed by atoms with van der Waals surface area (Å²) in [6.07, 6.45) is 2.16. The van der Waals surface area contributed by atoms with Gasteiger partial charge in [-0.1, -0.05) is 38.1 Å². The van der Waals surface area contributed by atoms with Crippen LogP contribution < -0.4 is 14.2 Å². The summed E-state index contributed by atoms with van der Waals surface area (Å²) in [6, 6.07) is 12.8. The first kappa shape index (κ1) is 23.7. The average molecular weight is 467 g/mol. The minimum atomic E-state index is -0.523. The van der Waals surface area contributed by atoms with E-state index < -0.39 is 5.97 Å². The molecule has 1 fully saturated rings. The third-order valence-electron chi connectivity index (χ3n) is 6.34. The summed E-state index contributed by atoms with van der Waals surface area (Å²) in [5.41, 5.74) is 1.27. The highest BCUT2D eigenvalue weighted by Gasteiger charge is 2.42.